The van der Waals surface area contributed by atoms with Gasteiger partial charge in [0.2, 0.25) is 0 Å². The van der Waals surface area contributed by atoms with Crippen LogP contribution < -0.4 is 0 Å². The zero-order chi connectivity index (χ0) is 9.26. The molecule has 0 aromatic carbocycles. The Morgan fingerprint density at radius 2 is 2.46 bits per heavy atom. The molecule has 2 rings (SSSR count). The average molecular weight is 290 g/mol. The molecule has 13 heavy (non-hydrogen) atoms. The summed E-state index contributed by atoms with van der Waals surface area (Å²) < 4.78 is 5.39. The van der Waals surface area contributed by atoms with Crippen molar-refractivity contribution in [2.24, 2.45) is 0 Å². The lowest BCUT2D eigenvalue weighted by atomic mass is 10.00. The number of hydrogen-bond acceptors (Lipinski definition) is 4. The maximum absolute atomic E-state index is 9.09. The van der Waals surface area contributed by atoms with Crippen molar-refractivity contribution in [3.05, 3.63) is 33.7 Å². The van der Waals surface area contributed by atoms with Crippen LogP contribution in [0.1, 0.15) is 18.2 Å². The Morgan fingerprint density at radius 3 is 3.00 bits per heavy atom. The second-order valence-corrected chi connectivity index (χ2v) is 3.66. The van der Waals surface area contributed by atoms with Crippen LogP contribution in [0.4, 0.5) is 0 Å². The number of allylic oxidation sites excluding steroid dienone is 3. The topological polar surface area (TPSA) is 59.2 Å². The Labute approximate surface area is 88.5 Å². The fraction of sp³-hybridized carbons (Fsp3) is 0.250. The molecule has 5 heteroatoms. The second-order valence-electron chi connectivity index (χ2n) is 2.74. The lowest BCUT2D eigenvalue weighted by Crippen LogP contribution is -2.00. The van der Waals surface area contributed by atoms with Crippen molar-refractivity contribution in [1.29, 1.82) is 0 Å². The van der Waals surface area contributed by atoms with Gasteiger partial charge in [-0.3, -0.25) is 0 Å². The number of halogens is 1. The van der Waals surface area contributed by atoms with E-state index < -0.39 is 0 Å². The molecular weight excluding hydrogens is 283 g/mol. The quantitative estimate of drug-likeness (QED) is 0.805. The number of hydrogen-bond donors (Lipinski definition) is 1. The van der Waals surface area contributed by atoms with Gasteiger partial charge in [0, 0.05) is 28.5 Å². The van der Waals surface area contributed by atoms with E-state index >= 15 is 0 Å². The van der Waals surface area contributed by atoms with Crippen LogP contribution in [0.15, 0.2) is 28.5 Å². The molecule has 0 fully saturated rings. The van der Waals surface area contributed by atoms with E-state index in [2.05, 4.69) is 10.1 Å². The van der Waals surface area contributed by atoms with E-state index in [-0.39, 0.29) is 5.92 Å². The van der Waals surface area contributed by atoms with Gasteiger partial charge >= 0.3 is 0 Å². The van der Waals surface area contributed by atoms with Crippen molar-refractivity contribution in [2.75, 3.05) is 0 Å². The van der Waals surface area contributed by atoms with E-state index in [1.807, 2.05) is 28.7 Å². The number of aromatic nitrogens is 2. The van der Waals surface area contributed by atoms with Crippen LogP contribution in [0.2, 0.25) is 0 Å². The third-order valence-electron chi connectivity index (χ3n) is 1.83. The first-order valence-corrected chi connectivity index (χ1v) is 4.90. The molecule has 1 aromatic heterocycles. The lowest BCUT2D eigenvalue weighted by Gasteiger charge is -2.08. The van der Waals surface area contributed by atoms with E-state index in [0.717, 1.165) is 6.42 Å². The molecule has 1 aromatic rings. The molecule has 0 saturated heterocycles. The van der Waals surface area contributed by atoms with Crippen molar-refractivity contribution < 1.29 is 9.63 Å². The van der Waals surface area contributed by atoms with E-state index in [1.54, 1.807) is 12.2 Å². The van der Waals surface area contributed by atoms with Gasteiger partial charge in [-0.15, -0.1) is 0 Å². The molecule has 0 radical (unpaired) electrons. The minimum Gasteiger partial charge on any atom is -0.508 e. The zero-order valence-electron chi connectivity index (χ0n) is 6.64. The average Bonchev–Trinajstić information content (AvgIpc) is 2.53. The molecule has 1 N–H and O–H groups in total. The van der Waals surface area contributed by atoms with Crippen molar-refractivity contribution in [3.63, 3.8) is 0 Å². The van der Waals surface area contributed by atoms with Crippen LogP contribution in [0.5, 0.6) is 0 Å². The molecular formula is C8H7IN2O2. The summed E-state index contributed by atoms with van der Waals surface area (Å²) in [7, 11) is 0. The van der Waals surface area contributed by atoms with Crippen molar-refractivity contribution in [3.8, 4) is 0 Å². The summed E-state index contributed by atoms with van der Waals surface area (Å²) in [5.41, 5.74) is 0. The standard InChI is InChI=1S/C8H7IN2O2/c9-8-10-7(11-13-8)5-1-3-6(12)4-2-5/h1,3-5,12H,2H2. The van der Waals surface area contributed by atoms with E-state index in [9.17, 15) is 0 Å². The Hall–Kier alpha value is -0.850. The number of rotatable bonds is 1. The molecule has 1 heterocycles. The van der Waals surface area contributed by atoms with Gasteiger partial charge in [0.1, 0.15) is 5.76 Å². The highest BCUT2D eigenvalue weighted by atomic mass is 127. The summed E-state index contributed by atoms with van der Waals surface area (Å²) in [6, 6.07) is 0. The van der Waals surface area contributed by atoms with Crippen LogP contribution in [-0.4, -0.2) is 15.2 Å². The molecule has 1 unspecified atom stereocenters. The molecule has 1 aliphatic carbocycles. The molecule has 1 atom stereocenters. The Kier molecular flexibility index (Phi) is 2.34. The zero-order valence-corrected chi connectivity index (χ0v) is 8.80. The van der Waals surface area contributed by atoms with Gasteiger partial charge in [0.05, 0.1) is 0 Å². The van der Waals surface area contributed by atoms with Gasteiger partial charge in [0.25, 0.3) is 3.90 Å². The fourth-order valence-electron chi connectivity index (χ4n) is 1.17. The molecule has 0 saturated carbocycles. The Bertz CT molecular complexity index is 370. The first-order valence-electron chi connectivity index (χ1n) is 3.82. The van der Waals surface area contributed by atoms with Gasteiger partial charge in [-0.05, 0) is 18.6 Å². The molecule has 0 aliphatic heterocycles. The van der Waals surface area contributed by atoms with Crippen LogP contribution in [0, 0.1) is 3.90 Å². The maximum Gasteiger partial charge on any atom is 0.287 e. The first kappa shape index (κ1) is 8.74. The molecule has 1 aliphatic rings. The van der Waals surface area contributed by atoms with E-state index in [1.165, 1.54) is 0 Å². The van der Waals surface area contributed by atoms with Crippen molar-refractivity contribution in [2.45, 2.75) is 12.3 Å². The fourth-order valence-corrected chi connectivity index (χ4v) is 1.51. The second kappa shape index (κ2) is 3.49. The summed E-state index contributed by atoms with van der Waals surface area (Å²) >= 11 is 1.97. The lowest BCUT2D eigenvalue weighted by molar-refractivity contribution is 0.384. The van der Waals surface area contributed by atoms with Crippen LogP contribution >= 0.6 is 22.6 Å². The van der Waals surface area contributed by atoms with Crippen molar-refractivity contribution in [1.82, 2.24) is 10.1 Å². The first-order chi connectivity index (χ1) is 6.25. The van der Waals surface area contributed by atoms with Crippen LogP contribution in [-0.2, 0) is 0 Å². The maximum atomic E-state index is 9.09. The number of aliphatic hydroxyl groups excluding tert-OH is 1. The highest BCUT2D eigenvalue weighted by molar-refractivity contribution is 14.1. The molecule has 68 valence electrons. The van der Waals surface area contributed by atoms with Gasteiger partial charge in [0.15, 0.2) is 5.82 Å². The SMILES string of the molecule is OC1=CCC(c2noc(I)n2)C=C1. The highest BCUT2D eigenvalue weighted by Gasteiger charge is 2.16. The van der Waals surface area contributed by atoms with Crippen molar-refractivity contribution >= 4 is 22.6 Å². The summed E-state index contributed by atoms with van der Waals surface area (Å²) in [4.78, 5) is 4.11. The molecule has 0 spiro atoms. The third kappa shape index (κ3) is 1.90. The summed E-state index contributed by atoms with van der Waals surface area (Å²) in [5, 5.41) is 12.9. The molecule has 4 nitrogen and oxygen atoms in total. The van der Waals surface area contributed by atoms with Gasteiger partial charge < -0.3 is 9.63 Å². The summed E-state index contributed by atoms with van der Waals surface area (Å²) in [6.07, 6.45) is 5.99. The summed E-state index contributed by atoms with van der Waals surface area (Å²) in [5.74, 6) is 1.10. The van der Waals surface area contributed by atoms with Crippen LogP contribution in [0.3, 0.4) is 0 Å². The minimum absolute atomic E-state index is 0.128. The van der Waals surface area contributed by atoms with E-state index in [4.69, 9.17) is 9.63 Å². The summed E-state index contributed by atoms with van der Waals surface area (Å²) in [6.45, 7) is 0. The number of aliphatic hydroxyl groups is 1. The van der Waals surface area contributed by atoms with Gasteiger partial charge in [-0.25, -0.2) is 0 Å². The Morgan fingerprint density at radius 1 is 1.62 bits per heavy atom. The van der Waals surface area contributed by atoms with Crippen LogP contribution in [0.25, 0.3) is 0 Å². The monoisotopic (exact) mass is 290 g/mol. The van der Waals surface area contributed by atoms with Gasteiger partial charge in [-0.1, -0.05) is 11.2 Å². The normalized spacial score (nSPS) is 21.6. The minimum atomic E-state index is 0.128. The Balaban J connectivity index is 2.17. The highest BCUT2D eigenvalue weighted by Crippen LogP contribution is 2.23. The van der Waals surface area contributed by atoms with Gasteiger partial charge in [-0.2, -0.15) is 4.98 Å². The smallest absolute Gasteiger partial charge is 0.287 e. The largest absolute Gasteiger partial charge is 0.508 e. The predicted octanol–water partition coefficient (Wildman–Crippen LogP) is 2.16. The van der Waals surface area contributed by atoms with E-state index in [0.29, 0.717) is 15.5 Å². The molecule has 0 amide bonds. The number of nitrogens with zero attached hydrogens (tertiary/aromatic N) is 2. The third-order valence-corrected chi connectivity index (χ3v) is 2.27. The predicted molar refractivity (Wildman–Crippen MR) is 54.2 cm³/mol. The molecule has 0 bridgehead atoms.